The van der Waals surface area contributed by atoms with Crippen LogP contribution in [-0.4, -0.2) is 70.3 Å². The van der Waals surface area contributed by atoms with Crippen LogP contribution in [0, 0.1) is 12.8 Å². The van der Waals surface area contributed by atoms with Gasteiger partial charge >= 0.3 is 0 Å². The van der Waals surface area contributed by atoms with Crippen LogP contribution < -0.4 is 0 Å². The highest BCUT2D eigenvalue weighted by atomic mass is 32.2. The number of thioether (sulfide) groups is 1. The Morgan fingerprint density at radius 1 is 1.50 bits per heavy atom. The van der Waals surface area contributed by atoms with Crippen LogP contribution in [0.4, 0.5) is 0 Å². The van der Waals surface area contributed by atoms with Crippen molar-refractivity contribution in [3.63, 3.8) is 0 Å². The highest BCUT2D eigenvalue weighted by molar-refractivity contribution is 8.01. The fourth-order valence-corrected chi connectivity index (χ4v) is 5.38. The van der Waals surface area contributed by atoms with Gasteiger partial charge < -0.3 is 19.4 Å². The van der Waals surface area contributed by atoms with Crippen LogP contribution in [0.1, 0.15) is 35.4 Å². The molecule has 1 spiro atoms. The predicted molar refractivity (Wildman–Crippen MR) is 92.3 cm³/mol. The molecule has 3 fully saturated rings. The van der Waals surface area contributed by atoms with E-state index >= 15 is 0 Å². The van der Waals surface area contributed by atoms with Gasteiger partial charge in [-0.05, 0) is 32.1 Å². The summed E-state index contributed by atoms with van der Waals surface area (Å²) in [6.07, 6.45) is 5.22. The van der Waals surface area contributed by atoms with Crippen molar-refractivity contribution in [3.05, 3.63) is 17.7 Å². The number of amides is 1. The molecule has 6 nitrogen and oxygen atoms in total. The number of aromatic amines is 1. The smallest absolute Gasteiger partial charge is 0.274 e. The lowest BCUT2D eigenvalue weighted by Crippen LogP contribution is -2.60. The van der Waals surface area contributed by atoms with Crippen molar-refractivity contribution in [1.82, 2.24) is 14.9 Å². The van der Waals surface area contributed by atoms with Gasteiger partial charge in [-0.1, -0.05) is 0 Å². The lowest BCUT2D eigenvalue weighted by molar-refractivity contribution is -0.0119. The summed E-state index contributed by atoms with van der Waals surface area (Å²) in [4.78, 5) is 21.5. The van der Waals surface area contributed by atoms with Crippen LogP contribution in [0.15, 0.2) is 6.33 Å². The number of H-pyrrole nitrogens is 1. The van der Waals surface area contributed by atoms with E-state index in [1.807, 2.05) is 23.6 Å². The normalized spacial score (nSPS) is 26.7. The zero-order valence-corrected chi connectivity index (χ0v) is 14.9. The molecule has 1 aromatic rings. The first kappa shape index (κ1) is 16.4. The van der Waals surface area contributed by atoms with Crippen molar-refractivity contribution >= 4 is 17.7 Å². The second-order valence-electron chi connectivity index (χ2n) is 7.25. The largest absolute Gasteiger partial charge is 0.381 e. The molecule has 0 bridgehead atoms. The standard InChI is InChI=1S/C17H25N3O3S/c1-12-15(19-11-18-12)16(21)20-9-17(10-20)6-14(8-24-17)23-7-13-2-4-22-5-3-13/h11,13-14H,2-10H2,1H3,(H,18,19). The fraction of sp³-hybridized carbons (Fsp3) is 0.765. The van der Waals surface area contributed by atoms with Crippen LogP contribution in [0.3, 0.4) is 0 Å². The van der Waals surface area contributed by atoms with Gasteiger partial charge in [0.1, 0.15) is 5.69 Å². The Morgan fingerprint density at radius 3 is 3.00 bits per heavy atom. The maximum Gasteiger partial charge on any atom is 0.274 e. The van der Waals surface area contributed by atoms with E-state index < -0.39 is 0 Å². The number of nitrogens with one attached hydrogen (secondary N) is 1. The number of ether oxygens (including phenoxy) is 2. The van der Waals surface area contributed by atoms with Gasteiger partial charge in [0.2, 0.25) is 0 Å². The first-order valence-corrected chi connectivity index (χ1v) is 9.76. The van der Waals surface area contributed by atoms with E-state index in [1.54, 1.807) is 6.33 Å². The molecule has 1 aromatic heterocycles. The maximum absolute atomic E-state index is 12.5. The van der Waals surface area contributed by atoms with Gasteiger partial charge in [0.25, 0.3) is 5.91 Å². The Balaban J connectivity index is 1.24. The Hall–Kier alpha value is -1.05. The minimum atomic E-state index is 0.0477. The number of aromatic nitrogens is 2. The Labute approximate surface area is 146 Å². The summed E-state index contributed by atoms with van der Waals surface area (Å²) in [6, 6.07) is 0. The third kappa shape index (κ3) is 3.21. The SMILES string of the molecule is Cc1[nH]cnc1C(=O)N1CC2(CC(OCC3CCOCC3)CS2)C1. The van der Waals surface area contributed by atoms with E-state index in [-0.39, 0.29) is 10.7 Å². The summed E-state index contributed by atoms with van der Waals surface area (Å²) in [5, 5.41) is 0. The van der Waals surface area contributed by atoms with Crippen LogP contribution in [0.2, 0.25) is 0 Å². The molecule has 132 valence electrons. The van der Waals surface area contributed by atoms with Gasteiger partial charge in [-0.2, -0.15) is 0 Å². The summed E-state index contributed by atoms with van der Waals surface area (Å²) in [6.45, 7) is 6.14. The molecule has 0 aromatic carbocycles. The molecule has 3 aliphatic heterocycles. The summed E-state index contributed by atoms with van der Waals surface area (Å²) in [7, 11) is 0. The number of carbonyl (C=O) groups excluding carboxylic acids is 1. The molecule has 1 amide bonds. The molecule has 0 radical (unpaired) electrons. The van der Waals surface area contributed by atoms with Gasteiger partial charge in [-0.25, -0.2) is 4.98 Å². The van der Waals surface area contributed by atoms with Gasteiger partial charge in [0, 0.05) is 44.4 Å². The van der Waals surface area contributed by atoms with Crippen LogP contribution in [-0.2, 0) is 9.47 Å². The summed E-state index contributed by atoms with van der Waals surface area (Å²) in [5.41, 5.74) is 1.40. The lowest BCUT2D eigenvalue weighted by Gasteiger charge is -2.47. The molecule has 1 N–H and O–H groups in total. The number of rotatable bonds is 4. The summed E-state index contributed by atoms with van der Waals surface area (Å²) in [5.74, 6) is 1.75. The molecule has 0 aliphatic carbocycles. The van der Waals surface area contributed by atoms with Crippen molar-refractivity contribution in [2.45, 2.75) is 37.0 Å². The zero-order chi connectivity index (χ0) is 16.6. The number of hydrogen-bond acceptors (Lipinski definition) is 5. The minimum Gasteiger partial charge on any atom is -0.381 e. The molecule has 1 atom stereocenters. The molecule has 3 aliphatic rings. The third-order valence-electron chi connectivity index (χ3n) is 5.36. The van der Waals surface area contributed by atoms with Crippen molar-refractivity contribution in [1.29, 1.82) is 0 Å². The Morgan fingerprint density at radius 2 is 2.29 bits per heavy atom. The number of imidazole rings is 1. The van der Waals surface area contributed by atoms with Crippen molar-refractivity contribution in [2.75, 3.05) is 38.7 Å². The molecule has 7 heteroatoms. The monoisotopic (exact) mass is 351 g/mol. The fourth-order valence-electron chi connectivity index (χ4n) is 3.83. The maximum atomic E-state index is 12.5. The van der Waals surface area contributed by atoms with E-state index in [4.69, 9.17) is 9.47 Å². The van der Waals surface area contributed by atoms with Gasteiger partial charge in [-0.3, -0.25) is 4.79 Å². The van der Waals surface area contributed by atoms with E-state index in [0.29, 0.717) is 17.7 Å². The van der Waals surface area contributed by atoms with Gasteiger partial charge in [0.15, 0.2) is 0 Å². The quantitative estimate of drug-likeness (QED) is 0.897. The van der Waals surface area contributed by atoms with Gasteiger partial charge in [-0.15, -0.1) is 11.8 Å². The van der Waals surface area contributed by atoms with E-state index in [0.717, 1.165) is 63.6 Å². The molecular weight excluding hydrogens is 326 g/mol. The molecule has 1 unspecified atom stereocenters. The topological polar surface area (TPSA) is 67.5 Å². The summed E-state index contributed by atoms with van der Waals surface area (Å²) < 4.78 is 11.8. The molecule has 24 heavy (non-hydrogen) atoms. The number of nitrogens with zero attached hydrogens (tertiary/aromatic N) is 2. The third-order valence-corrected chi connectivity index (χ3v) is 6.94. The minimum absolute atomic E-state index is 0.0477. The molecule has 4 rings (SSSR count). The summed E-state index contributed by atoms with van der Waals surface area (Å²) >= 11 is 1.98. The van der Waals surface area contributed by atoms with E-state index in [1.165, 1.54) is 0 Å². The second-order valence-corrected chi connectivity index (χ2v) is 8.73. The Bertz CT molecular complexity index is 594. The number of likely N-dealkylation sites (tertiary alicyclic amines) is 1. The molecule has 0 saturated carbocycles. The number of hydrogen-bond donors (Lipinski definition) is 1. The highest BCUT2D eigenvalue weighted by Crippen LogP contribution is 2.46. The van der Waals surface area contributed by atoms with Gasteiger partial charge in [0.05, 0.1) is 17.2 Å². The average Bonchev–Trinajstić information content (AvgIpc) is 3.18. The van der Waals surface area contributed by atoms with Crippen molar-refractivity contribution in [2.24, 2.45) is 5.92 Å². The lowest BCUT2D eigenvalue weighted by atomic mass is 9.92. The molecule has 3 saturated heterocycles. The van der Waals surface area contributed by atoms with E-state index in [2.05, 4.69) is 9.97 Å². The predicted octanol–water partition coefficient (Wildman–Crippen LogP) is 1.86. The first-order chi connectivity index (χ1) is 11.7. The number of carbonyl (C=O) groups is 1. The zero-order valence-electron chi connectivity index (χ0n) is 14.1. The van der Waals surface area contributed by atoms with Crippen LogP contribution >= 0.6 is 11.8 Å². The average molecular weight is 351 g/mol. The van der Waals surface area contributed by atoms with Crippen LogP contribution in [0.25, 0.3) is 0 Å². The molecular formula is C17H25N3O3S. The number of aryl methyl sites for hydroxylation is 1. The molecule has 4 heterocycles. The van der Waals surface area contributed by atoms with Crippen molar-refractivity contribution < 1.29 is 14.3 Å². The second kappa shape index (κ2) is 6.69. The van der Waals surface area contributed by atoms with E-state index in [9.17, 15) is 4.79 Å². The first-order valence-electron chi connectivity index (χ1n) is 8.78. The Kier molecular flexibility index (Phi) is 4.58. The highest BCUT2D eigenvalue weighted by Gasteiger charge is 2.51. The van der Waals surface area contributed by atoms with Crippen molar-refractivity contribution in [3.8, 4) is 0 Å². The van der Waals surface area contributed by atoms with Crippen LogP contribution in [0.5, 0.6) is 0 Å².